The first-order valence-electron chi connectivity index (χ1n) is 16.5. The van der Waals surface area contributed by atoms with Crippen LogP contribution in [0.5, 0.6) is 0 Å². The number of carbonyl (C=O) groups is 1. The first kappa shape index (κ1) is 34.4. The smallest absolute Gasteiger partial charge is 0.410 e. The Kier molecular flexibility index (Phi) is 9.41. The molecule has 3 aliphatic rings. The summed E-state index contributed by atoms with van der Waals surface area (Å²) in [5, 5.41) is 24.6. The van der Waals surface area contributed by atoms with E-state index in [9.17, 15) is 19.0 Å². The van der Waals surface area contributed by atoms with Crippen molar-refractivity contribution >= 4 is 35.4 Å². The van der Waals surface area contributed by atoms with Crippen LogP contribution >= 0.6 is 11.6 Å². The molecule has 2 atom stereocenters. The van der Waals surface area contributed by atoms with Gasteiger partial charge in [-0.1, -0.05) is 68.8 Å². The predicted molar refractivity (Wildman–Crippen MR) is 188 cm³/mol. The molecule has 0 radical (unpaired) electrons. The third-order valence-electron chi connectivity index (χ3n) is 9.05. The lowest BCUT2D eigenvalue weighted by Gasteiger charge is -2.38. The monoisotopic (exact) mass is 689 g/mol. The molecule has 1 saturated carbocycles. The second-order valence-corrected chi connectivity index (χ2v) is 14.8. The predicted octanol–water partition coefficient (Wildman–Crippen LogP) is 7.44. The van der Waals surface area contributed by atoms with Gasteiger partial charge in [-0.05, 0) is 65.6 Å². The molecule has 1 aromatic heterocycles. The van der Waals surface area contributed by atoms with Crippen LogP contribution in [0.3, 0.4) is 0 Å². The van der Waals surface area contributed by atoms with Crippen LogP contribution in [0, 0.1) is 16.2 Å². The average molecular weight is 690 g/mol. The van der Waals surface area contributed by atoms with Crippen LogP contribution in [0.2, 0.25) is 5.02 Å². The van der Waals surface area contributed by atoms with E-state index in [4.69, 9.17) is 21.7 Å². The van der Waals surface area contributed by atoms with Gasteiger partial charge >= 0.3 is 6.09 Å². The number of rotatable bonds is 11. The number of likely N-dealkylation sites (tertiary alicyclic amines) is 1. The fourth-order valence-corrected chi connectivity index (χ4v) is 6.82. The Morgan fingerprint density at radius 2 is 1.88 bits per heavy atom. The molecule has 258 valence electrons. The Morgan fingerprint density at radius 3 is 2.49 bits per heavy atom. The molecule has 0 spiro atoms. The molecule has 1 amide bonds. The number of amides is 1. The molecular weight excluding hydrogens is 648 g/mol. The summed E-state index contributed by atoms with van der Waals surface area (Å²) < 4.78 is 32.8. The Balaban J connectivity index is 1.33. The molecule has 4 N–H and O–H groups in total. The Morgan fingerprint density at radius 1 is 1.14 bits per heavy atom. The minimum absolute atomic E-state index is 0.146. The number of carbonyl (C=O) groups excluding carboxylic acids is 1. The maximum atomic E-state index is 13.6. The molecule has 2 aromatic carbocycles. The fraction of sp³-hybridized carbons (Fsp3) is 0.405. The molecule has 3 fully saturated rings. The lowest BCUT2D eigenvalue weighted by Crippen LogP contribution is -2.58. The molecule has 0 unspecified atom stereocenters. The van der Waals surface area contributed by atoms with Crippen molar-refractivity contribution in [3.63, 3.8) is 0 Å². The zero-order chi connectivity index (χ0) is 35.0. The summed E-state index contributed by atoms with van der Waals surface area (Å²) in [6, 6.07) is 18.9. The zero-order valence-electron chi connectivity index (χ0n) is 27.9. The van der Waals surface area contributed by atoms with E-state index in [0.29, 0.717) is 35.3 Å². The molecule has 2 aliphatic heterocycles. The van der Waals surface area contributed by atoms with E-state index in [1.807, 2.05) is 65.7 Å². The summed E-state index contributed by atoms with van der Waals surface area (Å²) in [6.07, 6.45) is 7.04. The summed E-state index contributed by atoms with van der Waals surface area (Å²) in [5.41, 5.74) is 3.90. The number of hydrogen-bond donors (Lipinski definition) is 4. The van der Waals surface area contributed by atoms with E-state index >= 15 is 0 Å². The average Bonchev–Trinajstić information content (AvgIpc) is 3.82. The van der Waals surface area contributed by atoms with Crippen molar-refractivity contribution in [2.75, 3.05) is 26.2 Å². The van der Waals surface area contributed by atoms with E-state index in [1.54, 1.807) is 12.3 Å². The molecule has 12 heteroatoms. The van der Waals surface area contributed by atoms with Gasteiger partial charge in [0.05, 0.1) is 30.4 Å². The van der Waals surface area contributed by atoms with Crippen molar-refractivity contribution in [2.24, 2.45) is 5.41 Å². The largest absolute Gasteiger partial charge is 0.447 e. The Bertz CT molecular complexity index is 1730. The number of nitrogens with one attached hydrogen (secondary N) is 4. The topological polar surface area (TPSA) is 117 Å². The van der Waals surface area contributed by atoms with E-state index < -0.39 is 36.7 Å². The summed E-state index contributed by atoms with van der Waals surface area (Å²) in [7, 11) is 0. The normalized spacial score (nSPS) is 21.1. The Labute approximate surface area is 290 Å². The first-order chi connectivity index (χ1) is 23.3. The number of halogens is 3. The van der Waals surface area contributed by atoms with E-state index in [0.717, 1.165) is 40.0 Å². The van der Waals surface area contributed by atoms with Crippen LogP contribution in [0.15, 0.2) is 73.1 Å². The fourth-order valence-electron chi connectivity index (χ4n) is 6.61. The number of guanidine groups is 1. The molecule has 3 heterocycles. The third-order valence-corrected chi connectivity index (χ3v) is 9.38. The van der Waals surface area contributed by atoms with Crippen molar-refractivity contribution < 1.29 is 18.3 Å². The van der Waals surface area contributed by atoms with Gasteiger partial charge in [-0.2, -0.15) is 0 Å². The van der Waals surface area contributed by atoms with Gasteiger partial charge in [-0.15, -0.1) is 0 Å². The van der Waals surface area contributed by atoms with Gasteiger partial charge in [0.2, 0.25) is 0 Å². The summed E-state index contributed by atoms with van der Waals surface area (Å²) in [4.78, 5) is 20.2. The van der Waals surface area contributed by atoms with Crippen LogP contribution in [0.4, 0.5) is 13.6 Å². The number of pyridine rings is 1. The van der Waals surface area contributed by atoms with E-state index in [2.05, 4.69) is 36.4 Å². The molecule has 49 heavy (non-hydrogen) atoms. The van der Waals surface area contributed by atoms with Gasteiger partial charge in [-0.25, -0.2) is 13.6 Å². The van der Waals surface area contributed by atoms with Crippen molar-refractivity contribution in [3.05, 3.63) is 94.8 Å². The van der Waals surface area contributed by atoms with Crippen LogP contribution < -0.4 is 10.6 Å². The zero-order valence-corrected chi connectivity index (χ0v) is 28.7. The van der Waals surface area contributed by atoms with Crippen LogP contribution in [-0.2, 0) is 10.3 Å². The van der Waals surface area contributed by atoms with Gasteiger partial charge in [-0.3, -0.25) is 15.3 Å². The second kappa shape index (κ2) is 13.4. The molecule has 0 bridgehead atoms. The second-order valence-electron chi connectivity index (χ2n) is 14.4. The number of benzene rings is 2. The Hall–Kier alpha value is -4.51. The van der Waals surface area contributed by atoms with Crippen molar-refractivity contribution in [3.8, 4) is 11.3 Å². The van der Waals surface area contributed by atoms with Crippen LogP contribution in [0.1, 0.15) is 62.8 Å². The van der Waals surface area contributed by atoms with Crippen molar-refractivity contribution in [2.45, 2.75) is 63.6 Å². The van der Waals surface area contributed by atoms with Crippen molar-refractivity contribution in [1.82, 2.24) is 25.4 Å². The quantitative estimate of drug-likeness (QED) is 0.156. The number of alkyl halides is 2. The van der Waals surface area contributed by atoms with Gasteiger partial charge in [0, 0.05) is 47.4 Å². The maximum absolute atomic E-state index is 13.6. The summed E-state index contributed by atoms with van der Waals surface area (Å²) in [6.45, 7) is 5.27. The lowest BCUT2D eigenvalue weighted by molar-refractivity contribution is -0.120. The summed E-state index contributed by atoms with van der Waals surface area (Å²) >= 11 is 6.63. The third kappa shape index (κ3) is 7.88. The minimum Gasteiger partial charge on any atom is -0.447 e. The lowest BCUT2D eigenvalue weighted by atomic mass is 9.75. The van der Waals surface area contributed by atoms with Gasteiger partial charge in [0.15, 0.2) is 5.96 Å². The van der Waals surface area contributed by atoms with Crippen LogP contribution in [-0.4, -0.2) is 71.3 Å². The molecule has 9 nitrogen and oxygen atoms in total. The van der Waals surface area contributed by atoms with Gasteiger partial charge in [0.1, 0.15) is 6.61 Å². The highest BCUT2D eigenvalue weighted by Crippen LogP contribution is 2.42. The van der Waals surface area contributed by atoms with E-state index in [1.165, 1.54) is 6.21 Å². The van der Waals surface area contributed by atoms with Gasteiger partial charge < -0.3 is 25.7 Å². The maximum Gasteiger partial charge on any atom is 0.410 e. The summed E-state index contributed by atoms with van der Waals surface area (Å²) in [5.74, 6) is -2.77. The SMILES string of the molecule is CC(C)(C)C[C@@]1(c2ccc(/C(C=N)=C/NC3CC3)cc2)CN([C@H](COC(=O)N2CC(F)(F)C2)c2ccc(Cl)c(-c3ccccn3)c2)C(=N)N1. The molecule has 1 aliphatic carbocycles. The molecule has 6 rings (SSSR count). The number of ether oxygens (including phenoxy) is 1. The number of allylic oxidation sites excluding steroid dienone is 1. The number of nitrogens with zero attached hydrogens (tertiary/aromatic N) is 3. The van der Waals surface area contributed by atoms with Crippen LogP contribution in [0.25, 0.3) is 16.8 Å². The highest BCUT2D eigenvalue weighted by atomic mass is 35.5. The van der Waals surface area contributed by atoms with Crippen molar-refractivity contribution in [1.29, 1.82) is 10.8 Å². The highest BCUT2D eigenvalue weighted by molar-refractivity contribution is 6.33. The number of hydrogen-bond acceptors (Lipinski definition) is 6. The highest BCUT2D eigenvalue weighted by Gasteiger charge is 2.49. The van der Waals surface area contributed by atoms with E-state index in [-0.39, 0.29) is 18.0 Å². The van der Waals surface area contributed by atoms with Gasteiger partial charge in [0.25, 0.3) is 5.92 Å². The molecule has 2 saturated heterocycles. The number of aromatic nitrogens is 1. The first-order valence-corrected chi connectivity index (χ1v) is 16.9. The standard InChI is InChI=1S/C37H42ClF2N7O2/c1-35(2,3)20-36(27-10-7-24(8-11-27)26(17-41)18-44-28-12-13-28)21-47(33(42)45-36)32(19-49-34(48)46-22-37(39,40)23-46)25-9-14-30(38)29(16-25)31-6-4-5-15-43-31/h4-11,14-18,28,32,41,44H,12-13,19-23H2,1-3H3,(H2,42,45)/b26-18+,41-17?/t32-,36+/m1/s1. The molecular formula is C37H42ClF2N7O2. The minimum atomic E-state index is -2.92. The molecule has 3 aromatic rings.